The van der Waals surface area contributed by atoms with Crippen LogP contribution in [0.15, 0.2) is 0 Å². The highest BCUT2D eigenvalue weighted by molar-refractivity contribution is 5.94. The van der Waals surface area contributed by atoms with Crippen molar-refractivity contribution in [2.75, 3.05) is 6.54 Å². The van der Waals surface area contributed by atoms with E-state index in [1.54, 1.807) is 6.92 Å². The normalized spacial score (nSPS) is 15.4. The van der Waals surface area contributed by atoms with E-state index >= 15 is 0 Å². The number of nitrogens with two attached hydrogens (primary N) is 1. The van der Waals surface area contributed by atoms with E-state index in [0.29, 0.717) is 0 Å². The molecule has 0 aromatic heterocycles. The molecular weight excluding hydrogens is 330 g/mol. The summed E-state index contributed by atoms with van der Waals surface area (Å²) in [6.07, 6.45) is -0.0769. The highest BCUT2D eigenvalue weighted by Crippen LogP contribution is 2.08. The van der Waals surface area contributed by atoms with E-state index in [0.717, 1.165) is 0 Å². The van der Waals surface area contributed by atoms with Crippen molar-refractivity contribution in [1.29, 1.82) is 0 Å². The Morgan fingerprint density at radius 1 is 0.920 bits per heavy atom. The molecule has 0 heterocycles. The van der Waals surface area contributed by atoms with Gasteiger partial charge in [-0.25, -0.2) is 4.79 Å². The minimum absolute atomic E-state index is 0.0845. The average Bonchev–Trinajstić information content (AvgIpc) is 2.50. The lowest BCUT2D eigenvalue weighted by atomic mass is 9.98. The predicted octanol–water partition coefficient (Wildman–Crippen LogP) is -0.770. The van der Waals surface area contributed by atoms with Gasteiger partial charge in [0.05, 0.1) is 6.04 Å². The standard InChI is InChI=1S/C16H27N3O6/c1-8(5-10(3)20)14(22)18-11(4)13(21)6-9(2)15(23)19-12(7-17)16(24)25/h8-9,11-12H,5-7,17H2,1-4H3,(H,18,22)(H,19,23)(H,24,25)/t8-,9-,11+,12+/m1/s1. The first-order chi connectivity index (χ1) is 11.5. The Morgan fingerprint density at radius 2 is 1.40 bits per heavy atom. The van der Waals surface area contributed by atoms with Crippen molar-refractivity contribution in [1.82, 2.24) is 10.6 Å². The van der Waals surface area contributed by atoms with Crippen molar-refractivity contribution in [3.8, 4) is 0 Å². The van der Waals surface area contributed by atoms with Crippen LogP contribution in [0, 0.1) is 11.8 Å². The van der Waals surface area contributed by atoms with Crippen LogP contribution in [0.1, 0.15) is 40.5 Å². The third-order valence-electron chi connectivity index (χ3n) is 3.69. The summed E-state index contributed by atoms with van der Waals surface area (Å²) in [6, 6.07) is -2.03. The number of hydrogen-bond acceptors (Lipinski definition) is 6. The van der Waals surface area contributed by atoms with Crippen LogP contribution in [0.5, 0.6) is 0 Å². The summed E-state index contributed by atoms with van der Waals surface area (Å²) < 4.78 is 0. The molecule has 0 rings (SSSR count). The van der Waals surface area contributed by atoms with Crippen LogP contribution in [0.25, 0.3) is 0 Å². The smallest absolute Gasteiger partial charge is 0.327 e. The fourth-order valence-electron chi connectivity index (χ4n) is 2.07. The summed E-state index contributed by atoms with van der Waals surface area (Å²) in [6.45, 7) is 5.68. The summed E-state index contributed by atoms with van der Waals surface area (Å²) in [4.78, 5) is 57.8. The van der Waals surface area contributed by atoms with Gasteiger partial charge in [0.1, 0.15) is 11.8 Å². The van der Waals surface area contributed by atoms with E-state index in [2.05, 4.69) is 10.6 Å². The number of amides is 2. The second-order valence-electron chi connectivity index (χ2n) is 6.24. The highest BCUT2D eigenvalue weighted by atomic mass is 16.4. The molecule has 25 heavy (non-hydrogen) atoms. The molecular formula is C16H27N3O6. The lowest BCUT2D eigenvalue weighted by Gasteiger charge is -2.19. The van der Waals surface area contributed by atoms with Crippen LogP contribution in [0.4, 0.5) is 0 Å². The molecule has 0 saturated heterocycles. The van der Waals surface area contributed by atoms with Gasteiger partial charge in [0.2, 0.25) is 11.8 Å². The van der Waals surface area contributed by atoms with Crippen LogP contribution in [-0.4, -0.2) is 53.1 Å². The van der Waals surface area contributed by atoms with E-state index in [1.165, 1.54) is 20.8 Å². The topological polar surface area (TPSA) is 156 Å². The summed E-state index contributed by atoms with van der Waals surface area (Å²) in [5, 5.41) is 13.6. The number of carboxylic acid groups (broad SMARTS) is 1. The summed E-state index contributed by atoms with van der Waals surface area (Å²) in [5.41, 5.74) is 5.26. The molecule has 4 atom stereocenters. The minimum atomic E-state index is -1.26. The predicted molar refractivity (Wildman–Crippen MR) is 89.5 cm³/mol. The Bertz CT molecular complexity index is 534. The van der Waals surface area contributed by atoms with Crippen molar-refractivity contribution < 1.29 is 29.1 Å². The van der Waals surface area contributed by atoms with Crippen molar-refractivity contribution in [3.63, 3.8) is 0 Å². The molecule has 0 aliphatic rings. The van der Waals surface area contributed by atoms with Gasteiger partial charge in [-0.15, -0.1) is 0 Å². The van der Waals surface area contributed by atoms with Crippen LogP contribution in [0.2, 0.25) is 0 Å². The molecule has 0 aliphatic carbocycles. The van der Waals surface area contributed by atoms with Gasteiger partial charge in [-0.05, 0) is 13.8 Å². The van der Waals surface area contributed by atoms with Gasteiger partial charge < -0.3 is 26.3 Å². The maximum Gasteiger partial charge on any atom is 0.327 e. The molecule has 9 nitrogen and oxygen atoms in total. The number of aliphatic carboxylic acids is 1. The molecule has 0 unspecified atom stereocenters. The lowest BCUT2D eigenvalue weighted by Crippen LogP contribution is -2.48. The largest absolute Gasteiger partial charge is 0.480 e. The zero-order valence-corrected chi connectivity index (χ0v) is 15.0. The first-order valence-corrected chi connectivity index (χ1v) is 8.05. The summed E-state index contributed by atoms with van der Waals surface area (Å²) in [7, 11) is 0. The number of carboxylic acids is 1. The minimum Gasteiger partial charge on any atom is -0.480 e. The summed E-state index contributed by atoms with van der Waals surface area (Å²) >= 11 is 0. The van der Waals surface area contributed by atoms with Gasteiger partial charge in [0.25, 0.3) is 0 Å². The van der Waals surface area contributed by atoms with Crippen LogP contribution < -0.4 is 16.4 Å². The van der Waals surface area contributed by atoms with Crippen molar-refractivity contribution >= 4 is 29.4 Å². The molecule has 142 valence electrons. The Labute approximate surface area is 146 Å². The monoisotopic (exact) mass is 357 g/mol. The molecule has 0 aliphatic heterocycles. The third-order valence-corrected chi connectivity index (χ3v) is 3.69. The van der Waals surface area contributed by atoms with E-state index < -0.39 is 41.7 Å². The van der Waals surface area contributed by atoms with E-state index in [4.69, 9.17) is 10.8 Å². The van der Waals surface area contributed by atoms with Crippen molar-refractivity contribution in [2.45, 2.75) is 52.6 Å². The van der Waals surface area contributed by atoms with Gasteiger partial charge >= 0.3 is 5.97 Å². The van der Waals surface area contributed by atoms with E-state index in [-0.39, 0.29) is 31.0 Å². The second kappa shape index (κ2) is 10.5. The number of Topliss-reactive ketones (excluding diaryl/α,β-unsaturated/α-hetero) is 2. The Hall–Kier alpha value is -2.29. The first-order valence-electron chi connectivity index (χ1n) is 8.05. The van der Waals surface area contributed by atoms with Crippen LogP contribution >= 0.6 is 0 Å². The van der Waals surface area contributed by atoms with Gasteiger partial charge in [-0.3, -0.25) is 14.4 Å². The van der Waals surface area contributed by atoms with E-state index in [9.17, 15) is 24.0 Å². The first kappa shape index (κ1) is 22.7. The van der Waals surface area contributed by atoms with Crippen LogP contribution in [0.3, 0.4) is 0 Å². The van der Waals surface area contributed by atoms with Crippen molar-refractivity contribution in [2.24, 2.45) is 17.6 Å². The second-order valence-corrected chi connectivity index (χ2v) is 6.24. The SMILES string of the molecule is CC(=O)C[C@@H](C)C(=O)N[C@@H](C)C(=O)C[C@@H](C)C(=O)N[C@@H](CN)C(=O)O. The fraction of sp³-hybridized carbons (Fsp3) is 0.688. The van der Waals surface area contributed by atoms with Gasteiger partial charge in [-0.2, -0.15) is 0 Å². The molecule has 0 fully saturated rings. The number of ketones is 2. The Kier molecular flexibility index (Phi) is 9.58. The lowest BCUT2D eigenvalue weighted by molar-refractivity contribution is -0.142. The average molecular weight is 357 g/mol. The number of nitrogens with one attached hydrogen (secondary N) is 2. The molecule has 0 radical (unpaired) electrons. The number of carbonyl (C=O) groups excluding carboxylic acids is 4. The third kappa shape index (κ3) is 8.39. The molecule has 0 aromatic rings. The molecule has 0 saturated carbocycles. The van der Waals surface area contributed by atoms with Gasteiger partial charge in [0, 0.05) is 31.2 Å². The maximum atomic E-state index is 12.1. The van der Waals surface area contributed by atoms with Gasteiger partial charge in [-0.1, -0.05) is 13.8 Å². The molecule has 2 amide bonds. The molecule has 5 N–H and O–H groups in total. The van der Waals surface area contributed by atoms with Crippen LogP contribution in [-0.2, 0) is 24.0 Å². The summed E-state index contributed by atoms with van der Waals surface area (Å²) in [5.74, 6) is -4.08. The molecule has 0 aromatic carbocycles. The Balaban J connectivity index is 4.55. The number of carbonyl (C=O) groups is 5. The van der Waals surface area contributed by atoms with Gasteiger partial charge in [0.15, 0.2) is 5.78 Å². The molecule has 9 heteroatoms. The fourth-order valence-corrected chi connectivity index (χ4v) is 2.07. The Morgan fingerprint density at radius 3 is 1.84 bits per heavy atom. The zero-order valence-electron chi connectivity index (χ0n) is 15.0. The number of rotatable bonds is 11. The zero-order chi connectivity index (χ0) is 19.7. The number of hydrogen-bond donors (Lipinski definition) is 4. The highest BCUT2D eigenvalue weighted by Gasteiger charge is 2.26. The molecule has 0 bridgehead atoms. The molecule has 0 spiro atoms. The maximum absolute atomic E-state index is 12.1. The van der Waals surface area contributed by atoms with Crippen molar-refractivity contribution in [3.05, 3.63) is 0 Å². The quantitative estimate of drug-likeness (QED) is 0.378. The van der Waals surface area contributed by atoms with E-state index in [1.807, 2.05) is 0 Å².